The van der Waals surface area contributed by atoms with Gasteiger partial charge in [-0.1, -0.05) is 65.8 Å². The van der Waals surface area contributed by atoms with Crippen LogP contribution < -0.4 is 10.4 Å². The summed E-state index contributed by atoms with van der Waals surface area (Å²) >= 11 is 0. The minimum atomic E-state index is -0.886. The molecule has 162 valence electrons. The lowest BCUT2D eigenvalue weighted by atomic mass is 9.94. The Bertz CT molecular complexity index is 1570. The van der Waals surface area contributed by atoms with Gasteiger partial charge >= 0.3 is 11.7 Å². The molecule has 1 aliphatic heterocycles. The molecule has 0 saturated heterocycles. The average molecular weight is 437 g/mol. The maximum absolute atomic E-state index is 13.3. The predicted octanol–water partition coefficient (Wildman–Crippen LogP) is 4.78. The molecule has 7 nitrogen and oxygen atoms in total. The van der Waals surface area contributed by atoms with Crippen molar-refractivity contribution in [1.82, 2.24) is 14.7 Å². The molecule has 3 aromatic carbocycles. The predicted molar refractivity (Wildman–Crippen MR) is 123 cm³/mol. The van der Waals surface area contributed by atoms with Crippen LogP contribution >= 0.6 is 0 Å². The molecule has 0 fully saturated rings. The number of benzene rings is 3. The molecule has 3 heterocycles. The van der Waals surface area contributed by atoms with Crippen molar-refractivity contribution < 1.29 is 14.1 Å². The molecule has 0 aliphatic carbocycles. The van der Waals surface area contributed by atoms with E-state index < -0.39 is 12.0 Å². The highest BCUT2D eigenvalue weighted by atomic mass is 16.5. The monoisotopic (exact) mass is 437 g/mol. The zero-order valence-electron chi connectivity index (χ0n) is 18.0. The number of ether oxygens (including phenoxy) is 1. The van der Waals surface area contributed by atoms with Crippen LogP contribution in [-0.4, -0.2) is 20.7 Å². The number of esters is 1. The molecule has 0 radical (unpaired) electrons. The number of aromatic amines is 1. The van der Waals surface area contributed by atoms with E-state index in [0.717, 1.165) is 16.7 Å². The first-order valence-electron chi connectivity index (χ1n) is 10.6. The number of nitrogens with zero attached hydrogens (tertiary/aromatic N) is 2. The molecule has 0 saturated carbocycles. The molecule has 1 aliphatic rings. The van der Waals surface area contributed by atoms with E-state index in [1.54, 1.807) is 0 Å². The fraction of sp³-hybridized carbons (Fsp3) is 0.115. The van der Waals surface area contributed by atoms with Crippen molar-refractivity contribution in [3.8, 4) is 28.0 Å². The van der Waals surface area contributed by atoms with Crippen molar-refractivity contribution in [3.05, 3.63) is 94.2 Å². The van der Waals surface area contributed by atoms with Gasteiger partial charge < -0.3 is 14.2 Å². The molecule has 7 heteroatoms. The van der Waals surface area contributed by atoms with Crippen LogP contribution in [-0.2, 0) is 4.79 Å². The van der Waals surface area contributed by atoms with Gasteiger partial charge in [0, 0.05) is 11.1 Å². The fourth-order valence-corrected chi connectivity index (χ4v) is 4.71. The zero-order chi connectivity index (χ0) is 22.7. The first-order valence-corrected chi connectivity index (χ1v) is 10.6. The lowest BCUT2D eigenvalue weighted by molar-refractivity contribution is -0.137. The number of carbonyl (C=O) groups is 1. The topological polar surface area (TPSA) is 90.1 Å². The third-order valence-corrected chi connectivity index (χ3v) is 6.13. The molecule has 1 atom stereocenters. The summed E-state index contributed by atoms with van der Waals surface area (Å²) in [5.41, 5.74) is 5.30. The summed E-state index contributed by atoms with van der Waals surface area (Å²) in [6.45, 7) is 3.66. The Kier molecular flexibility index (Phi) is 4.13. The van der Waals surface area contributed by atoms with E-state index in [-0.39, 0.29) is 5.69 Å². The Labute approximate surface area is 188 Å². The average Bonchev–Trinajstić information content (AvgIpc) is 3.35. The number of hydrogen-bond acceptors (Lipinski definition) is 5. The first-order chi connectivity index (χ1) is 16.0. The number of nitrogens with one attached hydrogen (secondary N) is 1. The van der Waals surface area contributed by atoms with E-state index in [1.165, 1.54) is 4.57 Å². The van der Waals surface area contributed by atoms with Gasteiger partial charge in [-0.2, -0.15) is 0 Å². The molecular formula is C26H19N3O4. The summed E-state index contributed by atoms with van der Waals surface area (Å²) in [5.74, 6) is 0.416. The van der Waals surface area contributed by atoms with Gasteiger partial charge in [0.2, 0.25) is 0 Å². The van der Waals surface area contributed by atoms with Gasteiger partial charge in [-0.25, -0.2) is 9.59 Å². The lowest BCUT2D eigenvalue weighted by Crippen LogP contribution is -2.35. The number of rotatable bonds is 3. The quantitative estimate of drug-likeness (QED) is 0.324. The second-order valence-corrected chi connectivity index (χ2v) is 8.12. The number of imidazole rings is 1. The molecule has 0 spiro atoms. The fourth-order valence-electron chi connectivity index (χ4n) is 4.71. The van der Waals surface area contributed by atoms with Crippen LogP contribution in [0.2, 0.25) is 0 Å². The van der Waals surface area contributed by atoms with E-state index in [1.807, 2.05) is 80.6 Å². The van der Waals surface area contributed by atoms with Crippen molar-refractivity contribution in [2.45, 2.75) is 19.9 Å². The standard InChI is InChI=1S/C26H19N3O4/c1-14-20(15(2)33-28-14)19-13-18(16-9-5-3-6-10-16)21-23-24(19)32-25(30)22(29(23)26(31)27-21)17-11-7-4-8-12-17/h3-13,22H,1-2H3,(H,27,31). The molecular weight excluding hydrogens is 418 g/mol. The summed E-state index contributed by atoms with van der Waals surface area (Å²) in [7, 11) is 0. The van der Waals surface area contributed by atoms with E-state index in [2.05, 4.69) is 10.1 Å². The second-order valence-electron chi connectivity index (χ2n) is 8.12. The Balaban J connectivity index is 1.76. The Morgan fingerprint density at radius 1 is 0.939 bits per heavy atom. The normalized spacial score (nSPS) is 15.1. The largest absolute Gasteiger partial charge is 0.422 e. The molecule has 1 N–H and O–H groups in total. The van der Waals surface area contributed by atoms with Gasteiger partial charge in [-0.05, 0) is 31.0 Å². The summed E-state index contributed by atoms with van der Waals surface area (Å²) in [6.07, 6.45) is 0. The van der Waals surface area contributed by atoms with E-state index in [4.69, 9.17) is 9.26 Å². The minimum Gasteiger partial charge on any atom is -0.422 e. The van der Waals surface area contributed by atoms with E-state index in [0.29, 0.717) is 39.4 Å². The van der Waals surface area contributed by atoms with Crippen LogP contribution in [0.5, 0.6) is 5.75 Å². The number of H-pyrrole nitrogens is 1. The van der Waals surface area contributed by atoms with Gasteiger partial charge in [0.15, 0.2) is 11.8 Å². The van der Waals surface area contributed by atoms with Crippen LogP contribution in [0, 0.1) is 13.8 Å². The van der Waals surface area contributed by atoms with Gasteiger partial charge in [0.1, 0.15) is 11.3 Å². The summed E-state index contributed by atoms with van der Waals surface area (Å²) < 4.78 is 12.9. The van der Waals surface area contributed by atoms with Gasteiger partial charge in [0.05, 0.1) is 16.8 Å². The van der Waals surface area contributed by atoms with Crippen molar-refractivity contribution in [1.29, 1.82) is 0 Å². The number of aryl methyl sites for hydroxylation is 2. The number of hydrogen-bond donors (Lipinski definition) is 1. The molecule has 1 unspecified atom stereocenters. The maximum Gasteiger partial charge on any atom is 0.339 e. The second kappa shape index (κ2) is 7.06. The van der Waals surface area contributed by atoms with Crippen molar-refractivity contribution in [2.24, 2.45) is 0 Å². The summed E-state index contributed by atoms with van der Waals surface area (Å²) in [4.78, 5) is 29.5. The van der Waals surface area contributed by atoms with Crippen LogP contribution in [0.4, 0.5) is 0 Å². The molecule has 0 amide bonds. The SMILES string of the molecule is Cc1noc(C)c1-c1cc(-c2ccccc2)c2[nH]c(=O)n3c2c1OC(=O)C3c1ccccc1. The third kappa shape index (κ3) is 2.79. The molecule has 2 aromatic heterocycles. The van der Waals surface area contributed by atoms with Gasteiger partial charge in [-0.3, -0.25) is 4.57 Å². The molecule has 33 heavy (non-hydrogen) atoms. The first kappa shape index (κ1) is 19.3. The smallest absolute Gasteiger partial charge is 0.339 e. The van der Waals surface area contributed by atoms with Crippen LogP contribution in [0.1, 0.15) is 23.1 Å². The number of aromatic nitrogens is 3. The van der Waals surface area contributed by atoms with E-state index >= 15 is 0 Å². The Morgan fingerprint density at radius 2 is 1.64 bits per heavy atom. The molecule has 5 aromatic rings. The highest BCUT2D eigenvalue weighted by molar-refractivity contribution is 6.05. The molecule has 6 rings (SSSR count). The van der Waals surface area contributed by atoms with Crippen LogP contribution in [0.25, 0.3) is 33.3 Å². The Hall–Kier alpha value is -4.39. The molecule has 0 bridgehead atoms. The minimum absolute atomic E-state index is 0.328. The highest BCUT2D eigenvalue weighted by Gasteiger charge is 2.37. The van der Waals surface area contributed by atoms with Crippen LogP contribution in [0.15, 0.2) is 76.0 Å². The number of carbonyl (C=O) groups excluding carboxylic acids is 1. The summed E-state index contributed by atoms with van der Waals surface area (Å²) in [6, 6.07) is 20.0. The van der Waals surface area contributed by atoms with Gasteiger partial charge in [0.25, 0.3) is 0 Å². The van der Waals surface area contributed by atoms with Crippen molar-refractivity contribution in [2.75, 3.05) is 0 Å². The van der Waals surface area contributed by atoms with Gasteiger partial charge in [-0.15, -0.1) is 0 Å². The van der Waals surface area contributed by atoms with Crippen molar-refractivity contribution >= 4 is 17.0 Å². The Morgan fingerprint density at radius 3 is 2.30 bits per heavy atom. The summed E-state index contributed by atoms with van der Waals surface area (Å²) in [5, 5.41) is 4.09. The highest BCUT2D eigenvalue weighted by Crippen LogP contribution is 2.46. The lowest BCUT2D eigenvalue weighted by Gasteiger charge is -2.25. The van der Waals surface area contributed by atoms with E-state index in [9.17, 15) is 9.59 Å². The van der Waals surface area contributed by atoms with Crippen molar-refractivity contribution in [3.63, 3.8) is 0 Å². The third-order valence-electron chi connectivity index (χ3n) is 6.13. The zero-order valence-corrected chi connectivity index (χ0v) is 18.0. The van der Waals surface area contributed by atoms with Crippen LogP contribution in [0.3, 0.4) is 0 Å². The maximum atomic E-state index is 13.3.